The summed E-state index contributed by atoms with van der Waals surface area (Å²) in [5, 5.41) is 4.35. The second kappa shape index (κ2) is 8.03. The third kappa shape index (κ3) is 3.13. The molecule has 0 aliphatic heterocycles. The first-order valence-corrected chi connectivity index (χ1v) is 12.4. The summed E-state index contributed by atoms with van der Waals surface area (Å²) >= 11 is 1.53. The zero-order valence-electron chi connectivity index (χ0n) is 19.6. The van der Waals surface area contributed by atoms with Crippen LogP contribution >= 0.6 is 11.5 Å². The summed E-state index contributed by atoms with van der Waals surface area (Å²) in [5.41, 5.74) is 8.85. The van der Waals surface area contributed by atoms with Crippen LogP contribution in [-0.4, -0.2) is 29.3 Å². The normalized spacial score (nSPS) is 11.6. The molecule has 0 bridgehead atoms. The van der Waals surface area contributed by atoms with Gasteiger partial charge >= 0.3 is 0 Å². The molecule has 36 heavy (non-hydrogen) atoms. The number of rotatable bonds is 3. The average molecular weight is 485 g/mol. The summed E-state index contributed by atoms with van der Waals surface area (Å²) in [7, 11) is 0. The van der Waals surface area contributed by atoms with Crippen LogP contribution < -0.4 is 0 Å². The summed E-state index contributed by atoms with van der Waals surface area (Å²) in [6.45, 7) is 4.18. The number of benzene rings is 2. The van der Waals surface area contributed by atoms with Gasteiger partial charge in [-0.1, -0.05) is 18.2 Å². The maximum Gasteiger partial charge on any atom is 0.141 e. The maximum atomic E-state index is 4.88. The van der Waals surface area contributed by atoms with Crippen molar-refractivity contribution in [3.05, 3.63) is 90.8 Å². The fourth-order valence-corrected chi connectivity index (χ4v) is 5.76. The Morgan fingerprint density at radius 3 is 2.58 bits per heavy atom. The average Bonchev–Trinajstić information content (AvgIpc) is 3.55. The first kappa shape index (κ1) is 20.8. The van der Waals surface area contributed by atoms with E-state index in [-0.39, 0.29) is 0 Å². The minimum Gasteiger partial charge on any atom is -0.346 e. The third-order valence-electron chi connectivity index (χ3n) is 6.73. The molecule has 0 spiro atoms. The number of hydrogen-bond donors (Lipinski definition) is 1. The number of nitrogens with one attached hydrogen (secondary N) is 1. The van der Waals surface area contributed by atoms with Crippen LogP contribution in [-0.2, 0) is 0 Å². The van der Waals surface area contributed by atoms with Gasteiger partial charge in [-0.05, 0) is 72.7 Å². The molecular formula is C29H20N6S. The zero-order chi connectivity index (χ0) is 24.2. The molecule has 5 aromatic heterocycles. The molecule has 0 radical (unpaired) electrons. The summed E-state index contributed by atoms with van der Waals surface area (Å²) in [4.78, 5) is 21.9. The number of aryl methyl sites for hydroxylation is 2. The van der Waals surface area contributed by atoms with Crippen molar-refractivity contribution in [2.24, 2.45) is 0 Å². The van der Waals surface area contributed by atoms with Crippen LogP contribution in [0.5, 0.6) is 0 Å². The molecule has 0 saturated heterocycles. The molecule has 5 heterocycles. The van der Waals surface area contributed by atoms with Gasteiger partial charge in [0.05, 0.1) is 27.5 Å². The van der Waals surface area contributed by atoms with Crippen LogP contribution in [0.4, 0.5) is 0 Å². The van der Waals surface area contributed by atoms with Crippen LogP contribution in [0.2, 0.25) is 0 Å². The Morgan fingerprint density at radius 1 is 0.722 bits per heavy atom. The van der Waals surface area contributed by atoms with E-state index in [1.54, 1.807) is 6.33 Å². The predicted octanol–water partition coefficient (Wildman–Crippen LogP) is 7.13. The van der Waals surface area contributed by atoms with Crippen LogP contribution in [0.1, 0.15) is 11.3 Å². The highest BCUT2D eigenvalue weighted by atomic mass is 32.1. The molecule has 2 aromatic carbocycles. The second-order valence-electron chi connectivity index (χ2n) is 8.85. The number of aromatic amines is 1. The molecule has 0 amide bonds. The number of H-pyrrole nitrogens is 1. The van der Waals surface area contributed by atoms with Crippen molar-refractivity contribution < 1.29 is 0 Å². The lowest BCUT2D eigenvalue weighted by atomic mass is 9.92. The van der Waals surface area contributed by atoms with E-state index in [1.807, 2.05) is 30.7 Å². The van der Waals surface area contributed by atoms with Gasteiger partial charge in [-0.2, -0.15) is 4.37 Å². The van der Waals surface area contributed by atoms with Crippen molar-refractivity contribution >= 4 is 43.4 Å². The maximum absolute atomic E-state index is 4.88. The number of hydrogen-bond acceptors (Lipinski definition) is 6. The highest BCUT2D eigenvalue weighted by Gasteiger charge is 2.19. The zero-order valence-corrected chi connectivity index (χ0v) is 20.5. The van der Waals surface area contributed by atoms with Gasteiger partial charge in [0.1, 0.15) is 12.0 Å². The number of pyridine rings is 2. The molecule has 0 aliphatic rings. The van der Waals surface area contributed by atoms with Crippen molar-refractivity contribution in [1.82, 2.24) is 29.3 Å². The Bertz CT molecular complexity index is 1930. The van der Waals surface area contributed by atoms with Crippen molar-refractivity contribution in [1.29, 1.82) is 0 Å². The first-order valence-electron chi connectivity index (χ1n) is 11.7. The second-order valence-corrected chi connectivity index (χ2v) is 9.66. The van der Waals surface area contributed by atoms with Crippen molar-refractivity contribution in [3.8, 4) is 33.8 Å². The molecule has 7 aromatic rings. The lowest BCUT2D eigenvalue weighted by Crippen LogP contribution is -1.96. The van der Waals surface area contributed by atoms with Crippen LogP contribution in [0.3, 0.4) is 0 Å². The Morgan fingerprint density at radius 2 is 1.64 bits per heavy atom. The van der Waals surface area contributed by atoms with Gasteiger partial charge in [-0.15, -0.1) is 0 Å². The molecule has 0 unspecified atom stereocenters. The van der Waals surface area contributed by atoms with Gasteiger partial charge in [0, 0.05) is 51.4 Å². The van der Waals surface area contributed by atoms with E-state index in [0.717, 1.165) is 66.8 Å². The number of fused-ring (bicyclic) bond motifs is 3. The Balaban J connectivity index is 1.49. The minimum absolute atomic E-state index is 0.810. The van der Waals surface area contributed by atoms with Crippen molar-refractivity contribution in [2.75, 3.05) is 0 Å². The van der Waals surface area contributed by atoms with E-state index < -0.39 is 0 Å². The first-order chi connectivity index (χ1) is 17.7. The van der Waals surface area contributed by atoms with Gasteiger partial charge in [0.15, 0.2) is 0 Å². The fraction of sp³-hybridized carbons (Fsp3) is 0.0690. The summed E-state index contributed by atoms with van der Waals surface area (Å²) < 4.78 is 5.70. The molecule has 7 heteroatoms. The highest BCUT2D eigenvalue weighted by molar-refractivity contribution is 7.13. The van der Waals surface area contributed by atoms with E-state index in [0.29, 0.717) is 0 Å². The molecule has 0 aliphatic carbocycles. The Hall–Kier alpha value is -4.49. The summed E-state index contributed by atoms with van der Waals surface area (Å²) in [6, 6.07) is 18.9. The van der Waals surface area contributed by atoms with Crippen molar-refractivity contribution in [2.45, 2.75) is 13.8 Å². The summed E-state index contributed by atoms with van der Waals surface area (Å²) in [6.07, 6.45) is 7.22. The molecule has 0 saturated carbocycles. The van der Waals surface area contributed by atoms with E-state index in [1.165, 1.54) is 21.6 Å². The molecule has 0 fully saturated rings. The molecular weight excluding hydrogens is 464 g/mol. The number of nitrogens with zero attached hydrogens (tertiary/aromatic N) is 5. The van der Waals surface area contributed by atoms with Gasteiger partial charge in [0.25, 0.3) is 0 Å². The summed E-state index contributed by atoms with van der Waals surface area (Å²) in [5.74, 6) is 0. The highest BCUT2D eigenvalue weighted by Crippen LogP contribution is 2.40. The third-order valence-corrected chi connectivity index (χ3v) is 7.65. The molecule has 7 rings (SSSR count). The molecule has 0 atom stereocenters. The van der Waals surface area contributed by atoms with E-state index in [2.05, 4.69) is 75.6 Å². The van der Waals surface area contributed by atoms with E-state index in [4.69, 9.17) is 9.97 Å². The molecule has 6 nitrogen and oxygen atoms in total. The lowest BCUT2D eigenvalue weighted by molar-refractivity contribution is 1.20. The monoisotopic (exact) mass is 484 g/mol. The smallest absolute Gasteiger partial charge is 0.141 e. The molecule has 172 valence electrons. The minimum atomic E-state index is 0.810. The van der Waals surface area contributed by atoms with Gasteiger partial charge in [-0.3, -0.25) is 9.97 Å². The van der Waals surface area contributed by atoms with Crippen LogP contribution in [0.15, 0.2) is 79.5 Å². The van der Waals surface area contributed by atoms with Crippen LogP contribution in [0, 0.1) is 13.8 Å². The fourth-order valence-electron chi connectivity index (χ4n) is 5.00. The van der Waals surface area contributed by atoms with Gasteiger partial charge in [0.2, 0.25) is 0 Å². The quantitative estimate of drug-likeness (QED) is 0.289. The molecule has 1 N–H and O–H groups in total. The SMILES string of the molecule is Cc1ccc2c(-c3ccc4snc(C)c4c3)nccc2c1-c1ncccc1-c1ncnc2[nH]ccc12. The Kier molecular flexibility index (Phi) is 4.65. The number of aromatic nitrogens is 6. The van der Waals surface area contributed by atoms with Gasteiger partial charge in [-0.25, -0.2) is 9.97 Å². The van der Waals surface area contributed by atoms with E-state index >= 15 is 0 Å². The van der Waals surface area contributed by atoms with Gasteiger partial charge < -0.3 is 4.98 Å². The Labute approximate surface area is 210 Å². The van der Waals surface area contributed by atoms with Crippen molar-refractivity contribution in [3.63, 3.8) is 0 Å². The van der Waals surface area contributed by atoms with Crippen LogP contribution in [0.25, 0.3) is 65.7 Å². The topological polar surface area (TPSA) is 80.2 Å². The largest absolute Gasteiger partial charge is 0.346 e. The van der Waals surface area contributed by atoms with E-state index in [9.17, 15) is 0 Å². The predicted molar refractivity (Wildman–Crippen MR) is 146 cm³/mol. The standard InChI is InChI=1S/C29H20N6S/c1-16-5-7-20-19(9-12-31-26(20)18-6-8-24-23(14-18)17(2)35-36-24)25(16)28-21(4-3-11-30-28)27-22-10-13-32-29(22)34-15-33-27/h3-15H,1-2H3,(H,32,33,34). The lowest BCUT2D eigenvalue weighted by Gasteiger charge is -2.15.